The monoisotopic (exact) mass is 267 g/mol. The molecule has 1 N–H and O–H groups in total. The highest BCUT2D eigenvalue weighted by Crippen LogP contribution is 2.27. The topological polar surface area (TPSA) is 106 Å². The molecule has 0 bridgehead atoms. The second-order valence-corrected chi connectivity index (χ2v) is 4.08. The van der Waals surface area contributed by atoms with E-state index in [1.807, 2.05) is 0 Å². The van der Waals surface area contributed by atoms with Gasteiger partial charge in [-0.3, -0.25) is 10.1 Å². The summed E-state index contributed by atoms with van der Waals surface area (Å²) in [5.74, 6) is -1.04. The van der Waals surface area contributed by atoms with Crippen LogP contribution in [0.3, 0.4) is 0 Å². The third-order valence-electron chi connectivity index (χ3n) is 2.81. The first kappa shape index (κ1) is 13.2. The fourth-order valence-corrected chi connectivity index (χ4v) is 1.90. The molecule has 1 aliphatic rings. The van der Waals surface area contributed by atoms with Crippen molar-refractivity contribution in [3.8, 4) is 0 Å². The molecule has 8 nitrogen and oxygen atoms in total. The summed E-state index contributed by atoms with van der Waals surface area (Å²) in [5, 5.41) is 19.9. The highest BCUT2D eigenvalue weighted by Gasteiger charge is 2.24. The van der Waals surface area contributed by atoms with Crippen molar-refractivity contribution in [3.63, 3.8) is 0 Å². The van der Waals surface area contributed by atoms with Gasteiger partial charge in [0.05, 0.1) is 17.1 Å². The first-order valence-corrected chi connectivity index (χ1v) is 5.80. The van der Waals surface area contributed by atoms with E-state index in [2.05, 4.69) is 4.98 Å². The van der Waals surface area contributed by atoms with E-state index >= 15 is 0 Å². The SMILES string of the molecule is O=C(O)c1cnc(N2CCCOCC2)c([N+](=O)[O-])c1. The molecular formula is C11H13N3O5. The predicted molar refractivity (Wildman–Crippen MR) is 65.5 cm³/mol. The summed E-state index contributed by atoms with van der Waals surface area (Å²) in [7, 11) is 0. The zero-order valence-corrected chi connectivity index (χ0v) is 10.1. The second kappa shape index (κ2) is 5.61. The summed E-state index contributed by atoms with van der Waals surface area (Å²) >= 11 is 0. The summed E-state index contributed by atoms with van der Waals surface area (Å²) in [4.78, 5) is 26.9. The number of pyridine rings is 1. The molecule has 0 unspecified atom stereocenters. The lowest BCUT2D eigenvalue weighted by Crippen LogP contribution is -2.27. The number of anilines is 1. The van der Waals surface area contributed by atoms with E-state index in [-0.39, 0.29) is 17.1 Å². The van der Waals surface area contributed by atoms with Crippen LogP contribution in [0.2, 0.25) is 0 Å². The number of carbonyl (C=O) groups is 1. The number of nitro groups is 1. The number of carboxylic acid groups (broad SMARTS) is 1. The molecule has 0 amide bonds. The average molecular weight is 267 g/mol. The molecule has 0 saturated carbocycles. The van der Waals surface area contributed by atoms with Crippen LogP contribution in [0.15, 0.2) is 12.3 Å². The van der Waals surface area contributed by atoms with Gasteiger partial charge in [0.1, 0.15) is 0 Å². The number of hydrogen-bond donors (Lipinski definition) is 1. The maximum absolute atomic E-state index is 11.0. The minimum atomic E-state index is -1.23. The van der Waals surface area contributed by atoms with Gasteiger partial charge in [0.2, 0.25) is 5.82 Å². The number of carboxylic acids is 1. The largest absolute Gasteiger partial charge is 0.478 e. The third-order valence-corrected chi connectivity index (χ3v) is 2.81. The van der Waals surface area contributed by atoms with Crippen LogP contribution < -0.4 is 4.90 Å². The van der Waals surface area contributed by atoms with Crippen LogP contribution in [0.1, 0.15) is 16.8 Å². The van der Waals surface area contributed by atoms with E-state index in [0.717, 1.165) is 18.7 Å². The molecule has 1 aromatic rings. The Morgan fingerprint density at radius 2 is 2.26 bits per heavy atom. The molecule has 8 heteroatoms. The molecule has 0 atom stereocenters. The van der Waals surface area contributed by atoms with Crippen LogP contribution in [-0.2, 0) is 4.74 Å². The molecular weight excluding hydrogens is 254 g/mol. The number of aromatic nitrogens is 1. The van der Waals surface area contributed by atoms with Crippen molar-refractivity contribution in [1.82, 2.24) is 4.98 Å². The Balaban J connectivity index is 2.37. The van der Waals surface area contributed by atoms with Crippen LogP contribution in [0.25, 0.3) is 0 Å². The molecule has 102 valence electrons. The van der Waals surface area contributed by atoms with E-state index in [0.29, 0.717) is 26.3 Å². The molecule has 0 spiro atoms. The van der Waals surface area contributed by atoms with E-state index in [4.69, 9.17) is 9.84 Å². The van der Waals surface area contributed by atoms with Gasteiger partial charge in [0.15, 0.2) is 0 Å². The van der Waals surface area contributed by atoms with Crippen molar-refractivity contribution in [2.45, 2.75) is 6.42 Å². The number of aromatic carboxylic acids is 1. The molecule has 2 heterocycles. The van der Waals surface area contributed by atoms with Gasteiger partial charge in [0.25, 0.3) is 0 Å². The van der Waals surface area contributed by atoms with E-state index < -0.39 is 10.9 Å². The van der Waals surface area contributed by atoms with Gasteiger partial charge in [-0.1, -0.05) is 0 Å². The molecule has 1 saturated heterocycles. The van der Waals surface area contributed by atoms with Gasteiger partial charge in [-0.15, -0.1) is 0 Å². The Morgan fingerprint density at radius 3 is 2.95 bits per heavy atom. The van der Waals surface area contributed by atoms with Crippen molar-refractivity contribution in [2.75, 3.05) is 31.2 Å². The molecule has 2 rings (SSSR count). The molecule has 1 aliphatic heterocycles. The maximum Gasteiger partial charge on any atom is 0.337 e. The van der Waals surface area contributed by atoms with Gasteiger partial charge < -0.3 is 14.7 Å². The van der Waals surface area contributed by atoms with Crippen molar-refractivity contribution >= 4 is 17.5 Å². The molecule has 0 aromatic carbocycles. The highest BCUT2D eigenvalue weighted by molar-refractivity contribution is 5.88. The Kier molecular flexibility index (Phi) is 3.91. The lowest BCUT2D eigenvalue weighted by molar-refractivity contribution is -0.384. The second-order valence-electron chi connectivity index (χ2n) is 4.08. The normalized spacial score (nSPS) is 15.9. The molecule has 0 radical (unpaired) electrons. The maximum atomic E-state index is 11.0. The third kappa shape index (κ3) is 2.97. The zero-order valence-electron chi connectivity index (χ0n) is 10.1. The first-order chi connectivity index (χ1) is 9.09. The minimum Gasteiger partial charge on any atom is -0.478 e. The fourth-order valence-electron chi connectivity index (χ4n) is 1.90. The van der Waals surface area contributed by atoms with E-state index in [1.54, 1.807) is 4.90 Å². The number of rotatable bonds is 3. The summed E-state index contributed by atoms with van der Waals surface area (Å²) in [5.41, 5.74) is -0.483. The van der Waals surface area contributed by atoms with Crippen molar-refractivity contribution in [3.05, 3.63) is 27.9 Å². The minimum absolute atomic E-state index is 0.193. The highest BCUT2D eigenvalue weighted by atomic mass is 16.6. The standard InChI is InChI=1S/C11H13N3O5/c15-11(16)8-6-9(14(17)18)10(12-7-8)13-2-1-4-19-5-3-13/h6-7H,1-5H2,(H,15,16). The Bertz CT molecular complexity index is 497. The van der Waals surface area contributed by atoms with Crippen molar-refractivity contribution < 1.29 is 19.6 Å². The van der Waals surface area contributed by atoms with Crippen LogP contribution in [0.4, 0.5) is 11.5 Å². The lowest BCUT2D eigenvalue weighted by atomic mass is 10.2. The van der Waals surface area contributed by atoms with E-state index in [9.17, 15) is 14.9 Å². The average Bonchev–Trinajstić information content (AvgIpc) is 2.66. The van der Waals surface area contributed by atoms with Gasteiger partial charge in [-0.05, 0) is 6.42 Å². The quantitative estimate of drug-likeness (QED) is 0.640. The number of hydrogen-bond acceptors (Lipinski definition) is 6. The Labute approximate surface area is 108 Å². The molecule has 19 heavy (non-hydrogen) atoms. The Morgan fingerprint density at radius 1 is 1.47 bits per heavy atom. The van der Waals surface area contributed by atoms with Crippen LogP contribution in [0.5, 0.6) is 0 Å². The fraction of sp³-hybridized carbons (Fsp3) is 0.455. The van der Waals surface area contributed by atoms with Crippen molar-refractivity contribution in [1.29, 1.82) is 0 Å². The van der Waals surface area contributed by atoms with Crippen LogP contribution in [-0.4, -0.2) is 47.3 Å². The summed E-state index contributed by atoms with van der Waals surface area (Å²) in [6, 6.07) is 1.04. The predicted octanol–water partition coefficient (Wildman–Crippen LogP) is 0.915. The smallest absolute Gasteiger partial charge is 0.337 e. The molecule has 1 fully saturated rings. The zero-order chi connectivity index (χ0) is 13.8. The van der Waals surface area contributed by atoms with Gasteiger partial charge in [-0.25, -0.2) is 9.78 Å². The first-order valence-electron chi connectivity index (χ1n) is 5.80. The van der Waals surface area contributed by atoms with Gasteiger partial charge in [0, 0.05) is 32.0 Å². The number of nitrogens with zero attached hydrogens (tertiary/aromatic N) is 3. The van der Waals surface area contributed by atoms with Gasteiger partial charge >= 0.3 is 11.7 Å². The Hall–Kier alpha value is -2.22. The molecule has 0 aliphatic carbocycles. The summed E-state index contributed by atoms with van der Waals surface area (Å²) in [6.07, 6.45) is 1.88. The van der Waals surface area contributed by atoms with Gasteiger partial charge in [-0.2, -0.15) is 0 Å². The molecule has 1 aromatic heterocycles. The van der Waals surface area contributed by atoms with Crippen molar-refractivity contribution in [2.24, 2.45) is 0 Å². The lowest BCUT2D eigenvalue weighted by Gasteiger charge is -2.20. The van der Waals surface area contributed by atoms with E-state index in [1.165, 1.54) is 0 Å². The number of ether oxygens (including phenoxy) is 1. The van der Waals surface area contributed by atoms with Crippen LogP contribution in [0, 0.1) is 10.1 Å². The summed E-state index contributed by atoms with van der Waals surface area (Å²) < 4.78 is 5.28. The van der Waals surface area contributed by atoms with Crippen LogP contribution >= 0.6 is 0 Å². The summed E-state index contributed by atoms with van der Waals surface area (Å²) in [6.45, 7) is 2.18.